The highest BCUT2D eigenvalue weighted by Crippen LogP contribution is 2.12. The summed E-state index contributed by atoms with van der Waals surface area (Å²) < 4.78 is 14.7. The van der Waals surface area contributed by atoms with Gasteiger partial charge in [-0.2, -0.15) is 5.10 Å². The van der Waals surface area contributed by atoms with Gasteiger partial charge in [0.15, 0.2) is 0 Å². The number of amides is 1. The number of hydrogen-bond donors (Lipinski definition) is 3. The molecule has 1 unspecified atom stereocenters. The zero-order chi connectivity index (χ0) is 17.4. The van der Waals surface area contributed by atoms with Crippen molar-refractivity contribution in [3.63, 3.8) is 0 Å². The van der Waals surface area contributed by atoms with Crippen molar-refractivity contribution in [1.29, 1.82) is 0 Å². The molecule has 24 heavy (non-hydrogen) atoms. The number of carbonyl (C=O) groups is 1. The Balaban J connectivity index is 1.77. The van der Waals surface area contributed by atoms with Gasteiger partial charge in [-0.05, 0) is 37.5 Å². The molecule has 1 heterocycles. The van der Waals surface area contributed by atoms with Crippen LogP contribution in [-0.4, -0.2) is 40.0 Å². The Morgan fingerprint density at radius 2 is 2.29 bits per heavy atom. The lowest BCUT2D eigenvalue weighted by atomic mass is 10.1. The van der Waals surface area contributed by atoms with Crippen molar-refractivity contribution < 1.29 is 14.3 Å². The van der Waals surface area contributed by atoms with Crippen LogP contribution in [0.4, 0.5) is 10.1 Å². The molecule has 0 spiro atoms. The van der Waals surface area contributed by atoms with Gasteiger partial charge in [-0.15, -0.1) is 0 Å². The number of hydrogen-bond acceptors (Lipinski definition) is 4. The molecule has 2 aromatic rings. The molecule has 0 bridgehead atoms. The number of carbonyl (C=O) groups excluding carboxylic acids is 1. The molecule has 0 aliphatic rings. The third-order valence-electron chi connectivity index (χ3n) is 3.54. The lowest BCUT2D eigenvalue weighted by molar-refractivity contribution is -0.122. The number of halogens is 1. The lowest BCUT2D eigenvalue weighted by Gasteiger charge is -2.13. The van der Waals surface area contributed by atoms with E-state index in [1.54, 1.807) is 24.5 Å². The van der Waals surface area contributed by atoms with Crippen molar-refractivity contribution in [2.24, 2.45) is 0 Å². The molecule has 7 heteroatoms. The second kappa shape index (κ2) is 9.02. The summed E-state index contributed by atoms with van der Waals surface area (Å²) in [5.41, 5.74) is 1.80. The smallest absolute Gasteiger partial charge is 0.241 e. The first kappa shape index (κ1) is 17.9. The molecular formula is C17H23FN4O2. The second-order valence-corrected chi connectivity index (χ2v) is 5.71. The van der Waals surface area contributed by atoms with Gasteiger partial charge in [0.05, 0.1) is 18.5 Å². The van der Waals surface area contributed by atoms with Crippen molar-refractivity contribution in [3.05, 3.63) is 48.0 Å². The fraction of sp³-hybridized carbons (Fsp3) is 0.412. The Morgan fingerprint density at radius 1 is 1.46 bits per heavy atom. The van der Waals surface area contributed by atoms with Gasteiger partial charge in [0.25, 0.3) is 0 Å². The Labute approximate surface area is 140 Å². The number of benzene rings is 1. The fourth-order valence-electron chi connectivity index (χ4n) is 2.36. The van der Waals surface area contributed by atoms with Crippen molar-refractivity contribution >= 4 is 11.6 Å². The first-order valence-electron chi connectivity index (χ1n) is 7.98. The molecule has 0 fully saturated rings. The highest BCUT2D eigenvalue weighted by molar-refractivity contribution is 5.75. The molecule has 0 aliphatic carbocycles. The van der Waals surface area contributed by atoms with Gasteiger partial charge in [-0.1, -0.05) is 12.1 Å². The maximum atomic E-state index is 13.1. The lowest BCUT2D eigenvalue weighted by Crippen LogP contribution is -2.30. The van der Waals surface area contributed by atoms with Crippen molar-refractivity contribution in [1.82, 2.24) is 15.1 Å². The average molecular weight is 334 g/mol. The van der Waals surface area contributed by atoms with Crippen LogP contribution in [0.1, 0.15) is 18.9 Å². The van der Waals surface area contributed by atoms with Crippen LogP contribution in [0, 0.1) is 5.82 Å². The highest BCUT2D eigenvalue weighted by atomic mass is 19.1. The van der Waals surface area contributed by atoms with Crippen LogP contribution in [-0.2, 0) is 17.8 Å². The quantitative estimate of drug-likeness (QED) is 0.650. The van der Waals surface area contributed by atoms with Crippen molar-refractivity contribution in [3.8, 4) is 0 Å². The Kier molecular flexibility index (Phi) is 6.74. The average Bonchev–Trinajstić information content (AvgIpc) is 2.98. The number of aromatic nitrogens is 2. The molecule has 130 valence electrons. The first-order valence-corrected chi connectivity index (χ1v) is 7.98. The number of nitrogens with zero attached hydrogens (tertiary/aromatic N) is 2. The fourth-order valence-corrected chi connectivity index (χ4v) is 2.36. The van der Waals surface area contributed by atoms with Crippen LogP contribution in [0.25, 0.3) is 0 Å². The van der Waals surface area contributed by atoms with Gasteiger partial charge in [0.2, 0.25) is 5.91 Å². The zero-order valence-corrected chi connectivity index (χ0v) is 13.7. The van der Waals surface area contributed by atoms with Gasteiger partial charge in [-0.25, -0.2) is 4.39 Å². The molecule has 2 rings (SSSR count). The van der Waals surface area contributed by atoms with Gasteiger partial charge in [0, 0.05) is 18.8 Å². The molecule has 1 aromatic carbocycles. The highest BCUT2D eigenvalue weighted by Gasteiger charge is 2.07. The Hall–Kier alpha value is -2.41. The molecule has 0 radical (unpaired) electrons. The SMILES string of the molecule is CC(CCc1cccc(F)c1)Nc1cnn(CC(=O)NCCO)c1. The summed E-state index contributed by atoms with van der Waals surface area (Å²) in [6, 6.07) is 6.81. The topological polar surface area (TPSA) is 79.2 Å². The van der Waals surface area contributed by atoms with E-state index >= 15 is 0 Å². The number of nitrogens with one attached hydrogen (secondary N) is 2. The predicted molar refractivity (Wildman–Crippen MR) is 90.1 cm³/mol. The summed E-state index contributed by atoms with van der Waals surface area (Å²) in [6.45, 7) is 2.31. The third kappa shape index (κ3) is 6.00. The molecule has 6 nitrogen and oxygen atoms in total. The monoisotopic (exact) mass is 334 g/mol. The van der Waals surface area contributed by atoms with Gasteiger partial charge < -0.3 is 15.7 Å². The molecule has 0 aliphatic heterocycles. The van der Waals surface area contributed by atoms with E-state index in [0.29, 0.717) is 0 Å². The normalized spacial score (nSPS) is 12.0. The van der Waals surface area contributed by atoms with Gasteiger partial charge in [0.1, 0.15) is 12.4 Å². The largest absolute Gasteiger partial charge is 0.395 e. The molecule has 0 saturated heterocycles. The van der Waals surface area contributed by atoms with E-state index in [-0.39, 0.29) is 37.5 Å². The van der Waals surface area contributed by atoms with Crippen molar-refractivity contribution in [2.45, 2.75) is 32.4 Å². The summed E-state index contributed by atoms with van der Waals surface area (Å²) in [4.78, 5) is 11.6. The van der Waals surface area contributed by atoms with E-state index in [0.717, 1.165) is 24.1 Å². The van der Waals surface area contributed by atoms with E-state index in [4.69, 9.17) is 5.11 Å². The zero-order valence-electron chi connectivity index (χ0n) is 13.7. The minimum atomic E-state index is -0.214. The van der Waals surface area contributed by atoms with E-state index in [9.17, 15) is 9.18 Å². The van der Waals surface area contributed by atoms with Crippen LogP contribution in [0.5, 0.6) is 0 Å². The molecule has 0 saturated carbocycles. The second-order valence-electron chi connectivity index (χ2n) is 5.71. The van der Waals surface area contributed by atoms with E-state index in [1.807, 2.05) is 13.0 Å². The minimum Gasteiger partial charge on any atom is -0.395 e. The standard InChI is InChI=1S/C17H23FN4O2/c1-13(5-6-14-3-2-4-15(18)9-14)21-16-10-20-22(11-16)12-17(24)19-7-8-23/h2-4,9-11,13,21,23H,5-8,12H2,1H3,(H,19,24). The van der Waals surface area contributed by atoms with Crippen LogP contribution in [0.15, 0.2) is 36.7 Å². The van der Waals surface area contributed by atoms with Gasteiger partial charge in [-0.3, -0.25) is 9.48 Å². The van der Waals surface area contributed by atoms with E-state index in [2.05, 4.69) is 15.7 Å². The van der Waals surface area contributed by atoms with Crippen molar-refractivity contribution in [2.75, 3.05) is 18.5 Å². The Bertz CT molecular complexity index is 660. The molecule has 1 atom stereocenters. The molecule has 1 aromatic heterocycles. The summed E-state index contributed by atoms with van der Waals surface area (Å²) in [6.07, 6.45) is 5.06. The van der Waals surface area contributed by atoms with E-state index < -0.39 is 0 Å². The molecule has 3 N–H and O–H groups in total. The van der Waals surface area contributed by atoms with Crippen LogP contribution >= 0.6 is 0 Å². The number of aliphatic hydroxyl groups excluding tert-OH is 1. The maximum absolute atomic E-state index is 13.1. The van der Waals surface area contributed by atoms with E-state index in [1.165, 1.54) is 10.7 Å². The summed E-state index contributed by atoms with van der Waals surface area (Å²) in [5.74, 6) is -0.410. The third-order valence-corrected chi connectivity index (χ3v) is 3.54. The summed E-state index contributed by atoms with van der Waals surface area (Å²) in [5, 5.41) is 18.7. The number of rotatable bonds is 9. The number of aryl methyl sites for hydroxylation is 1. The Morgan fingerprint density at radius 3 is 3.04 bits per heavy atom. The maximum Gasteiger partial charge on any atom is 0.241 e. The minimum absolute atomic E-state index is 0.0829. The first-order chi connectivity index (χ1) is 11.6. The number of aliphatic hydroxyl groups is 1. The summed E-state index contributed by atoms with van der Waals surface area (Å²) in [7, 11) is 0. The van der Waals surface area contributed by atoms with Gasteiger partial charge >= 0.3 is 0 Å². The number of anilines is 1. The van der Waals surface area contributed by atoms with Crippen LogP contribution in [0.3, 0.4) is 0 Å². The summed E-state index contributed by atoms with van der Waals surface area (Å²) >= 11 is 0. The molecule has 1 amide bonds. The van der Waals surface area contributed by atoms with Crippen LogP contribution < -0.4 is 10.6 Å². The predicted octanol–water partition coefficient (Wildman–Crippen LogP) is 1.56. The molecular weight excluding hydrogens is 311 g/mol. The van der Waals surface area contributed by atoms with Crippen LogP contribution in [0.2, 0.25) is 0 Å².